The standard InChI is InChI=1S/C74H36F16N2O13S3.O3S/c75-55-51(53-59(79)67(87)73(68(88)60(53)80)104-49-32-45(107(96,97)98)29-34-9-7-8-14-47(34)49)56(76)64(84)71(63(55)83)102-42-23-19-40(20-24-42)91(36-10-3-1-4-11-36)38-15-17-39(18-16-38)92(37-12-5-2-6-13-37)41-21-25-43(26-22-41)103-72-65(85)57(77)52(58(78)66(72)86)54-61(81)69(89)74(70(90)62(54)82)105-50-33-46(108(99,100)101)31-35-30-44(106(93,94)95)27-28-48(35)50;1-4(2)3/h1-33H,(H,93,94,95)(H,96,97,98)(H,99,100,101);. The third-order valence-corrected chi connectivity index (χ3v) is 18.9. The molecule has 0 aromatic heterocycles. The average Bonchev–Trinajstić information content (AvgIpc) is 0.750. The maximum Gasteiger partial charge on any atom is 0.425 e. The summed E-state index contributed by atoms with van der Waals surface area (Å²) in [6.07, 6.45) is 0. The Hall–Kier alpha value is -12.6. The first-order valence-corrected chi connectivity index (χ1v) is 36.1. The van der Waals surface area contributed by atoms with Gasteiger partial charge in [0.1, 0.15) is 23.0 Å². The van der Waals surface area contributed by atoms with Crippen molar-refractivity contribution in [3.8, 4) is 68.2 Å². The van der Waals surface area contributed by atoms with Gasteiger partial charge in [-0.15, -0.1) is 12.6 Å². The minimum Gasteiger partial charge on any atom is -0.451 e. The summed E-state index contributed by atoms with van der Waals surface area (Å²) in [4.78, 5) is 0.338. The van der Waals surface area contributed by atoms with Crippen LogP contribution in [0.15, 0.2) is 215 Å². The van der Waals surface area contributed by atoms with Crippen LogP contribution in [0.25, 0.3) is 43.8 Å². The molecule has 112 heavy (non-hydrogen) atoms. The molecule has 0 heterocycles. The molecule has 18 nitrogen and oxygen atoms in total. The lowest BCUT2D eigenvalue weighted by Gasteiger charge is -2.28. The fourth-order valence-corrected chi connectivity index (χ4v) is 13.0. The fraction of sp³-hybridized carbons (Fsp3) is 0. The second-order valence-electron chi connectivity index (χ2n) is 23.2. The van der Waals surface area contributed by atoms with Gasteiger partial charge in [-0.2, -0.15) is 60.4 Å². The van der Waals surface area contributed by atoms with Crippen molar-refractivity contribution in [2.24, 2.45) is 0 Å². The zero-order valence-electron chi connectivity index (χ0n) is 54.8. The van der Waals surface area contributed by atoms with Crippen molar-refractivity contribution in [1.82, 2.24) is 0 Å². The first-order chi connectivity index (χ1) is 52.8. The van der Waals surface area contributed by atoms with Gasteiger partial charge in [-0.25, -0.2) is 35.1 Å². The quantitative estimate of drug-likeness (QED) is 0.0386. The van der Waals surface area contributed by atoms with Gasteiger partial charge in [-0.1, -0.05) is 60.7 Å². The molecule has 0 amide bonds. The highest BCUT2D eigenvalue weighted by atomic mass is 32.2. The fourth-order valence-electron chi connectivity index (χ4n) is 11.4. The van der Waals surface area contributed by atoms with Crippen LogP contribution >= 0.6 is 0 Å². The molecule has 3 N–H and O–H groups in total. The third-order valence-electron chi connectivity index (χ3n) is 16.4. The molecule has 0 unspecified atom stereocenters. The van der Waals surface area contributed by atoms with Gasteiger partial charge in [-0.3, -0.25) is 13.7 Å². The zero-order valence-corrected chi connectivity index (χ0v) is 58.0. The van der Waals surface area contributed by atoms with Crippen LogP contribution in [0.2, 0.25) is 0 Å². The molecule has 0 aliphatic heterocycles. The molecule has 13 aromatic carbocycles. The Labute approximate surface area is 620 Å². The van der Waals surface area contributed by atoms with Crippen molar-refractivity contribution in [2.45, 2.75) is 14.7 Å². The van der Waals surface area contributed by atoms with Crippen LogP contribution < -0.4 is 28.7 Å². The lowest BCUT2D eigenvalue weighted by atomic mass is 10.0. The molecule has 0 saturated heterocycles. The number of hydrogen-bond donors (Lipinski definition) is 3. The largest absolute Gasteiger partial charge is 0.451 e. The predicted octanol–water partition coefficient (Wildman–Crippen LogP) is 20.4. The Morgan fingerprint density at radius 2 is 0.500 bits per heavy atom. The second kappa shape index (κ2) is 30.7. The lowest BCUT2D eigenvalue weighted by molar-refractivity contribution is 0.361. The Kier molecular flexibility index (Phi) is 21.6. The minimum absolute atomic E-state index is 0.0280. The molecular formula is C74H36F16N2O16S4. The summed E-state index contributed by atoms with van der Waals surface area (Å²) in [6.45, 7) is 0. The van der Waals surface area contributed by atoms with E-state index in [2.05, 4.69) is 0 Å². The number of benzene rings is 13. The highest BCUT2D eigenvalue weighted by Crippen LogP contribution is 2.49. The van der Waals surface area contributed by atoms with E-state index in [1.165, 1.54) is 48.5 Å². The van der Waals surface area contributed by atoms with Gasteiger partial charge in [0, 0.05) is 57.0 Å². The monoisotopic (exact) mass is 1640 g/mol. The lowest BCUT2D eigenvalue weighted by Crippen LogP contribution is -2.12. The summed E-state index contributed by atoms with van der Waals surface area (Å²) >= 11 is 0. The SMILES string of the molecule is O=S(=O)(O)c1cc(Oc2c(F)c(F)c(-c3c(F)c(F)c(Oc4ccc(N(c5ccccc5)c5ccc(N(c6ccccc6)c6ccc(Oc7c(F)c(F)c(-c8c(F)c(F)c(Oc9cc(S(=O)(=O)O)cc%10cc(S(=O)(=O)O)ccc9%10)c(F)c8F)c(F)c7F)cc6)cc5)cc4)c(F)c3F)c(F)c2F)c2ccccc2c1.O=S(=O)=O. The molecule has 574 valence electrons. The molecular weight excluding hydrogens is 1610 g/mol. The highest BCUT2D eigenvalue weighted by molar-refractivity contribution is 7.86. The number of anilines is 6. The molecule has 0 aliphatic rings. The topological polar surface area (TPSA) is 258 Å². The summed E-state index contributed by atoms with van der Waals surface area (Å²) in [5.74, 6) is -51.9. The van der Waals surface area contributed by atoms with E-state index >= 15 is 70.2 Å². The van der Waals surface area contributed by atoms with E-state index in [4.69, 9.17) is 31.6 Å². The summed E-state index contributed by atoms with van der Waals surface area (Å²) in [5.41, 5.74) is -6.93. The van der Waals surface area contributed by atoms with E-state index in [1.54, 1.807) is 94.7 Å². The number of nitrogens with zero attached hydrogens (tertiary/aromatic N) is 2. The van der Waals surface area contributed by atoms with Gasteiger partial charge in [0.2, 0.25) is 69.5 Å². The van der Waals surface area contributed by atoms with Gasteiger partial charge >= 0.3 is 10.6 Å². The van der Waals surface area contributed by atoms with E-state index in [0.717, 1.165) is 36.4 Å². The summed E-state index contributed by atoms with van der Waals surface area (Å²) in [5, 5.41) is -1.17. The van der Waals surface area contributed by atoms with Crippen molar-refractivity contribution in [3.05, 3.63) is 293 Å². The highest BCUT2D eigenvalue weighted by Gasteiger charge is 2.39. The second-order valence-corrected chi connectivity index (χ2v) is 27.8. The van der Waals surface area contributed by atoms with E-state index in [1.807, 2.05) is 0 Å². The van der Waals surface area contributed by atoms with Gasteiger partial charge in [-0.05, 0) is 138 Å². The third kappa shape index (κ3) is 15.3. The number of hydrogen-bond acceptors (Lipinski definition) is 15. The Morgan fingerprint density at radius 3 is 0.804 bits per heavy atom. The van der Waals surface area contributed by atoms with Gasteiger partial charge < -0.3 is 28.7 Å². The van der Waals surface area contributed by atoms with Crippen LogP contribution in [-0.4, -0.2) is 51.5 Å². The van der Waals surface area contributed by atoms with Crippen molar-refractivity contribution in [3.63, 3.8) is 0 Å². The molecule has 0 atom stereocenters. The van der Waals surface area contributed by atoms with Crippen LogP contribution in [0, 0.1) is 93.1 Å². The number of para-hydroxylation sites is 2. The summed E-state index contributed by atoms with van der Waals surface area (Å²) in [6, 6.07) is 42.3. The van der Waals surface area contributed by atoms with Crippen LogP contribution in [0.3, 0.4) is 0 Å². The van der Waals surface area contributed by atoms with E-state index in [-0.39, 0.29) is 22.1 Å². The van der Waals surface area contributed by atoms with Crippen LogP contribution in [0.5, 0.6) is 46.0 Å². The van der Waals surface area contributed by atoms with Gasteiger partial charge in [0.05, 0.1) is 36.9 Å². The zero-order chi connectivity index (χ0) is 81.1. The summed E-state index contributed by atoms with van der Waals surface area (Å²) < 4.78 is 401. The van der Waals surface area contributed by atoms with Crippen LogP contribution in [-0.2, 0) is 41.0 Å². The van der Waals surface area contributed by atoms with Crippen molar-refractivity contribution in [2.75, 3.05) is 9.80 Å². The van der Waals surface area contributed by atoms with E-state index in [0.29, 0.717) is 53.1 Å². The molecule has 0 fully saturated rings. The number of halogens is 16. The van der Waals surface area contributed by atoms with Crippen molar-refractivity contribution < 1.29 is 141 Å². The Bertz CT molecular complexity index is 6390. The molecule has 13 aromatic rings. The van der Waals surface area contributed by atoms with E-state index in [9.17, 15) is 38.9 Å². The molecule has 0 spiro atoms. The maximum absolute atomic E-state index is 16.0. The minimum atomic E-state index is -5.29. The Balaban J connectivity index is 0.00000284. The molecule has 0 bridgehead atoms. The smallest absolute Gasteiger partial charge is 0.425 e. The maximum atomic E-state index is 16.0. The van der Waals surface area contributed by atoms with Crippen molar-refractivity contribution in [1.29, 1.82) is 0 Å². The molecule has 13 rings (SSSR count). The number of fused-ring (bicyclic) bond motifs is 2. The van der Waals surface area contributed by atoms with Crippen molar-refractivity contribution >= 4 is 96.6 Å². The molecule has 0 saturated carbocycles. The Morgan fingerprint density at radius 1 is 0.259 bits per heavy atom. The summed E-state index contributed by atoms with van der Waals surface area (Å²) in [7, 11) is -18.5. The first-order valence-electron chi connectivity index (χ1n) is 30.8. The predicted molar refractivity (Wildman–Crippen MR) is 366 cm³/mol. The number of rotatable bonds is 19. The molecule has 38 heteroatoms. The van der Waals surface area contributed by atoms with Gasteiger partial charge in [0.25, 0.3) is 30.4 Å². The van der Waals surface area contributed by atoms with E-state index < -0.39 is 228 Å². The van der Waals surface area contributed by atoms with Crippen LogP contribution in [0.4, 0.5) is 104 Å². The van der Waals surface area contributed by atoms with Crippen LogP contribution in [0.1, 0.15) is 0 Å². The van der Waals surface area contributed by atoms with Gasteiger partial charge in [0.15, 0.2) is 46.5 Å². The molecule has 0 radical (unpaired) electrons. The first kappa shape index (κ1) is 79.0. The molecule has 0 aliphatic carbocycles. The average molecular weight is 1640 g/mol. The normalized spacial score (nSPS) is 11.7. The number of ether oxygens (including phenoxy) is 4.